The van der Waals surface area contributed by atoms with Gasteiger partial charge in [0, 0.05) is 11.8 Å². The van der Waals surface area contributed by atoms with E-state index in [1.165, 1.54) is 0 Å². The van der Waals surface area contributed by atoms with Gasteiger partial charge in [-0.3, -0.25) is 4.98 Å². The molecule has 1 rings (SSSR count). The van der Waals surface area contributed by atoms with Crippen molar-refractivity contribution in [1.82, 2.24) is 10.3 Å². The van der Waals surface area contributed by atoms with E-state index in [-0.39, 0.29) is 10.6 Å². The summed E-state index contributed by atoms with van der Waals surface area (Å²) in [4.78, 5) is 15.0. The van der Waals surface area contributed by atoms with Gasteiger partial charge in [0.15, 0.2) is 6.67 Å². The Balaban J connectivity index is 2.82. The third-order valence-corrected chi connectivity index (χ3v) is 2.63. The van der Waals surface area contributed by atoms with Crippen LogP contribution in [0.4, 0.5) is 18.0 Å². The van der Waals surface area contributed by atoms with Crippen molar-refractivity contribution in [1.29, 1.82) is 0 Å². The average Bonchev–Trinajstić information content (AvgIpc) is 2.41. The Kier molecular flexibility index (Phi) is 6.28. The molecule has 0 aliphatic heterocycles. The number of nitrogens with zero attached hydrogens (tertiary/aromatic N) is 1. The lowest BCUT2D eigenvalue weighted by Crippen LogP contribution is -2.39. The van der Waals surface area contributed by atoms with Gasteiger partial charge in [0.2, 0.25) is 0 Å². The van der Waals surface area contributed by atoms with Crippen LogP contribution in [0.25, 0.3) is 0 Å². The highest BCUT2D eigenvalue weighted by atomic mass is 35.5. The molecular formula is C15H16ClF3N2O2. The van der Waals surface area contributed by atoms with E-state index in [9.17, 15) is 18.0 Å². The van der Waals surface area contributed by atoms with E-state index >= 15 is 0 Å². The zero-order valence-electron chi connectivity index (χ0n) is 12.8. The monoisotopic (exact) mass is 348 g/mol. The summed E-state index contributed by atoms with van der Waals surface area (Å²) in [7, 11) is 0. The van der Waals surface area contributed by atoms with Crippen LogP contribution >= 0.6 is 11.6 Å². The number of rotatable bonds is 3. The SMILES string of the molecule is CC(C)(C)OC(=O)NCC(F)(F)c1ncc(C#CCF)cc1Cl. The fourth-order valence-corrected chi connectivity index (χ4v) is 1.80. The molecule has 0 saturated carbocycles. The van der Waals surface area contributed by atoms with Crippen molar-refractivity contribution in [3.63, 3.8) is 0 Å². The second-order valence-electron chi connectivity index (χ2n) is 5.55. The summed E-state index contributed by atoms with van der Waals surface area (Å²) in [5, 5.41) is 1.64. The third-order valence-electron chi connectivity index (χ3n) is 2.34. The Bertz CT molecular complexity index is 634. The molecule has 0 saturated heterocycles. The maximum atomic E-state index is 14.1. The van der Waals surface area contributed by atoms with Crippen LogP contribution in [0.2, 0.25) is 5.02 Å². The molecule has 0 atom stereocenters. The molecule has 0 spiro atoms. The lowest BCUT2D eigenvalue weighted by Gasteiger charge is -2.22. The van der Waals surface area contributed by atoms with E-state index in [2.05, 4.69) is 16.8 Å². The van der Waals surface area contributed by atoms with Crippen LogP contribution in [-0.2, 0) is 10.7 Å². The van der Waals surface area contributed by atoms with E-state index < -0.39 is 36.5 Å². The first-order chi connectivity index (χ1) is 10.5. The van der Waals surface area contributed by atoms with Gasteiger partial charge in [0.05, 0.1) is 11.6 Å². The quantitative estimate of drug-likeness (QED) is 0.848. The predicted octanol–water partition coefficient (Wildman–Crippen LogP) is 3.67. The minimum absolute atomic E-state index is 0.215. The van der Waals surface area contributed by atoms with Crippen LogP contribution in [0.15, 0.2) is 12.3 Å². The molecule has 1 aromatic heterocycles. The number of alkyl halides is 3. The van der Waals surface area contributed by atoms with E-state index in [0.29, 0.717) is 0 Å². The molecular weight excluding hydrogens is 333 g/mol. The molecule has 23 heavy (non-hydrogen) atoms. The normalized spacial score (nSPS) is 11.4. The Morgan fingerprint density at radius 1 is 1.43 bits per heavy atom. The van der Waals surface area contributed by atoms with E-state index in [4.69, 9.17) is 16.3 Å². The number of carbonyl (C=O) groups excluding carboxylic acids is 1. The summed E-state index contributed by atoms with van der Waals surface area (Å²) in [5.41, 5.74) is -1.29. The average molecular weight is 349 g/mol. The second kappa shape index (κ2) is 7.55. The first-order valence-electron chi connectivity index (χ1n) is 6.61. The molecule has 4 nitrogen and oxygen atoms in total. The first kappa shape index (κ1) is 19.1. The largest absolute Gasteiger partial charge is 0.444 e. The van der Waals surface area contributed by atoms with Crippen LogP contribution < -0.4 is 5.32 Å². The maximum Gasteiger partial charge on any atom is 0.407 e. The fourth-order valence-electron chi connectivity index (χ4n) is 1.49. The number of halogens is 4. The van der Waals surface area contributed by atoms with Crippen molar-refractivity contribution in [3.8, 4) is 11.8 Å². The number of carbonyl (C=O) groups is 1. The number of hydrogen-bond donors (Lipinski definition) is 1. The number of amides is 1. The highest BCUT2D eigenvalue weighted by Crippen LogP contribution is 2.31. The predicted molar refractivity (Wildman–Crippen MR) is 80.2 cm³/mol. The summed E-state index contributed by atoms with van der Waals surface area (Å²) in [6.45, 7) is 2.94. The third kappa shape index (κ3) is 6.37. The van der Waals surface area contributed by atoms with Crippen molar-refractivity contribution >= 4 is 17.7 Å². The molecule has 8 heteroatoms. The van der Waals surface area contributed by atoms with E-state index in [0.717, 1.165) is 12.3 Å². The summed E-state index contributed by atoms with van der Waals surface area (Å²) in [6.07, 6.45) is 0.0874. The van der Waals surface area contributed by atoms with Crippen molar-refractivity contribution in [2.75, 3.05) is 13.2 Å². The highest BCUT2D eigenvalue weighted by Gasteiger charge is 2.36. The Morgan fingerprint density at radius 2 is 2.09 bits per heavy atom. The molecule has 1 aromatic rings. The van der Waals surface area contributed by atoms with Gasteiger partial charge < -0.3 is 10.1 Å². The van der Waals surface area contributed by atoms with Gasteiger partial charge >= 0.3 is 12.0 Å². The van der Waals surface area contributed by atoms with Gasteiger partial charge in [-0.25, -0.2) is 9.18 Å². The lowest BCUT2D eigenvalue weighted by molar-refractivity contribution is -0.0128. The van der Waals surface area contributed by atoms with Crippen molar-refractivity contribution in [2.24, 2.45) is 0 Å². The van der Waals surface area contributed by atoms with Crippen molar-refractivity contribution < 1.29 is 22.7 Å². The van der Waals surface area contributed by atoms with Crippen LogP contribution in [0.3, 0.4) is 0 Å². The molecule has 1 N–H and O–H groups in total. The van der Waals surface area contributed by atoms with E-state index in [1.807, 2.05) is 5.32 Å². The molecule has 0 aromatic carbocycles. The summed E-state index contributed by atoms with van der Waals surface area (Å²) in [5.74, 6) is 1.02. The van der Waals surface area contributed by atoms with Gasteiger partial charge in [-0.05, 0) is 26.8 Å². The highest BCUT2D eigenvalue weighted by molar-refractivity contribution is 6.31. The lowest BCUT2D eigenvalue weighted by atomic mass is 10.1. The van der Waals surface area contributed by atoms with Gasteiger partial charge in [0.25, 0.3) is 0 Å². The standard InChI is InChI=1S/C15H16ClF3N2O2/c1-14(2,3)23-13(22)21-9-15(18,19)12-11(16)7-10(8-20-12)5-4-6-17/h7-8H,6,9H2,1-3H3,(H,21,22). The molecule has 1 heterocycles. The van der Waals surface area contributed by atoms with Gasteiger partial charge in [-0.2, -0.15) is 8.78 Å². The van der Waals surface area contributed by atoms with Crippen LogP contribution in [0, 0.1) is 11.8 Å². The molecule has 0 fully saturated rings. The maximum absolute atomic E-state index is 14.1. The smallest absolute Gasteiger partial charge is 0.407 e. The second-order valence-corrected chi connectivity index (χ2v) is 5.96. The van der Waals surface area contributed by atoms with Crippen LogP contribution in [0.5, 0.6) is 0 Å². The van der Waals surface area contributed by atoms with Crippen molar-refractivity contribution in [3.05, 3.63) is 28.5 Å². The molecule has 0 radical (unpaired) electrons. The van der Waals surface area contributed by atoms with Gasteiger partial charge in [-0.15, -0.1) is 0 Å². The van der Waals surface area contributed by atoms with Crippen molar-refractivity contribution in [2.45, 2.75) is 32.3 Å². The number of aromatic nitrogens is 1. The minimum Gasteiger partial charge on any atom is -0.444 e. The number of hydrogen-bond acceptors (Lipinski definition) is 3. The zero-order valence-corrected chi connectivity index (χ0v) is 13.6. The van der Waals surface area contributed by atoms with Gasteiger partial charge in [-0.1, -0.05) is 23.4 Å². The first-order valence-corrected chi connectivity index (χ1v) is 6.98. The number of pyridine rings is 1. The molecule has 0 aliphatic rings. The Labute approximate surface area is 137 Å². The minimum atomic E-state index is -3.50. The zero-order chi connectivity index (χ0) is 17.7. The van der Waals surface area contributed by atoms with E-state index in [1.54, 1.807) is 20.8 Å². The number of ether oxygens (including phenoxy) is 1. The fraction of sp³-hybridized carbons (Fsp3) is 0.467. The Hall–Kier alpha value is -1.94. The number of alkyl carbamates (subject to hydrolysis) is 1. The topological polar surface area (TPSA) is 51.2 Å². The molecule has 0 bridgehead atoms. The number of nitrogens with one attached hydrogen (secondary N) is 1. The van der Waals surface area contributed by atoms with Crippen LogP contribution in [-0.4, -0.2) is 29.9 Å². The van der Waals surface area contributed by atoms with Crippen LogP contribution in [0.1, 0.15) is 32.0 Å². The molecule has 126 valence electrons. The summed E-state index contributed by atoms with van der Waals surface area (Å²) in [6, 6.07) is 1.16. The molecule has 1 amide bonds. The van der Waals surface area contributed by atoms with Gasteiger partial charge in [0.1, 0.15) is 11.3 Å². The summed E-state index contributed by atoms with van der Waals surface area (Å²) < 4.78 is 45.0. The molecule has 0 aliphatic carbocycles. The molecule has 0 unspecified atom stereocenters. The summed E-state index contributed by atoms with van der Waals surface area (Å²) >= 11 is 5.77. The Morgan fingerprint density at radius 3 is 2.61 bits per heavy atom.